The zero-order valence-electron chi connectivity index (χ0n) is 15.3. The van der Waals surface area contributed by atoms with Crippen LogP contribution in [0.25, 0.3) is 11.1 Å². The Bertz CT molecular complexity index is 944. The molecule has 1 aliphatic rings. The maximum absolute atomic E-state index is 12.2. The molecule has 0 bridgehead atoms. The van der Waals surface area contributed by atoms with Gasteiger partial charge in [0.15, 0.2) is 5.58 Å². The molecule has 7 heteroatoms. The van der Waals surface area contributed by atoms with Crippen LogP contribution in [0.2, 0.25) is 0 Å². The van der Waals surface area contributed by atoms with Gasteiger partial charge in [0.25, 0.3) is 11.9 Å². The van der Waals surface area contributed by atoms with Crippen molar-refractivity contribution >= 4 is 23.0 Å². The van der Waals surface area contributed by atoms with E-state index in [0.717, 1.165) is 29.6 Å². The van der Waals surface area contributed by atoms with Crippen molar-refractivity contribution in [1.82, 2.24) is 19.9 Å². The maximum atomic E-state index is 12.2. The zero-order chi connectivity index (χ0) is 18.3. The van der Waals surface area contributed by atoms with Gasteiger partial charge in [-0.05, 0) is 37.8 Å². The van der Waals surface area contributed by atoms with Gasteiger partial charge < -0.3 is 19.2 Å². The normalized spacial score (nSPS) is 20.0. The molecule has 0 saturated carbocycles. The highest BCUT2D eigenvalue weighted by atomic mass is 16.4. The van der Waals surface area contributed by atoms with Crippen molar-refractivity contribution in [3.63, 3.8) is 0 Å². The summed E-state index contributed by atoms with van der Waals surface area (Å²) in [4.78, 5) is 23.1. The number of hydrogen-bond acceptors (Lipinski definition) is 5. The molecule has 136 valence electrons. The van der Waals surface area contributed by atoms with Gasteiger partial charge >= 0.3 is 0 Å². The Balaban J connectivity index is 1.42. The van der Waals surface area contributed by atoms with Gasteiger partial charge in [0.2, 0.25) is 0 Å². The third-order valence-electron chi connectivity index (χ3n) is 5.01. The topological polar surface area (TPSA) is 76.2 Å². The number of aryl methyl sites for hydroxylation is 2. The van der Waals surface area contributed by atoms with Gasteiger partial charge in [-0.3, -0.25) is 4.79 Å². The molecule has 2 atom stereocenters. The van der Waals surface area contributed by atoms with Gasteiger partial charge in [0, 0.05) is 32.4 Å². The molecule has 0 spiro atoms. The fraction of sp³-hybridized carbons (Fsp3) is 0.421. The Kier molecular flexibility index (Phi) is 4.14. The van der Waals surface area contributed by atoms with Crippen LogP contribution < -0.4 is 10.2 Å². The fourth-order valence-electron chi connectivity index (χ4n) is 3.61. The highest BCUT2D eigenvalue weighted by Gasteiger charge is 2.32. The molecule has 7 nitrogen and oxygen atoms in total. The molecule has 1 N–H and O–H groups in total. The molecule has 1 aliphatic heterocycles. The summed E-state index contributed by atoms with van der Waals surface area (Å²) in [6, 6.07) is 6.96. The second kappa shape index (κ2) is 6.48. The van der Waals surface area contributed by atoms with Crippen LogP contribution in [0.15, 0.2) is 35.1 Å². The lowest BCUT2D eigenvalue weighted by Gasteiger charge is -2.18. The van der Waals surface area contributed by atoms with E-state index in [1.54, 1.807) is 17.1 Å². The molecule has 26 heavy (non-hydrogen) atoms. The van der Waals surface area contributed by atoms with Crippen LogP contribution in [0.4, 0.5) is 6.01 Å². The summed E-state index contributed by atoms with van der Waals surface area (Å²) in [6.45, 7) is 5.64. The Morgan fingerprint density at radius 2 is 2.27 bits per heavy atom. The van der Waals surface area contributed by atoms with Gasteiger partial charge in [0.1, 0.15) is 11.2 Å². The highest BCUT2D eigenvalue weighted by molar-refractivity contribution is 5.92. The minimum absolute atomic E-state index is 0.130. The molecule has 1 fully saturated rings. The number of anilines is 1. The summed E-state index contributed by atoms with van der Waals surface area (Å²) in [6.07, 6.45) is 4.34. The Morgan fingerprint density at radius 1 is 1.42 bits per heavy atom. The van der Waals surface area contributed by atoms with E-state index in [4.69, 9.17) is 4.42 Å². The van der Waals surface area contributed by atoms with E-state index in [1.807, 2.05) is 32.2 Å². The van der Waals surface area contributed by atoms with Gasteiger partial charge in [-0.25, -0.2) is 4.98 Å². The molecule has 4 rings (SSSR count). The molecular weight excluding hydrogens is 330 g/mol. The average Bonchev–Trinajstić information content (AvgIpc) is 3.31. The van der Waals surface area contributed by atoms with E-state index >= 15 is 0 Å². The van der Waals surface area contributed by atoms with Gasteiger partial charge in [-0.2, -0.15) is 4.98 Å². The number of amides is 1. The number of fused-ring (bicyclic) bond motifs is 1. The summed E-state index contributed by atoms with van der Waals surface area (Å²) in [7, 11) is 1.85. The van der Waals surface area contributed by atoms with Crippen molar-refractivity contribution in [2.75, 3.05) is 18.0 Å². The van der Waals surface area contributed by atoms with Crippen LogP contribution in [-0.2, 0) is 7.05 Å². The summed E-state index contributed by atoms with van der Waals surface area (Å²) in [5.74, 6) is 0.225. The molecule has 3 aromatic rings. The minimum atomic E-state index is -0.130. The number of hydrogen-bond donors (Lipinski definition) is 1. The van der Waals surface area contributed by atoms with Crippen molar-refractivity contribution < 1.29 is 9.21 Å². The number of rotatable bonds is 4. The first-order valence-electron chi connectivity index (χ1n) is 8.90. The minimum Gasteiger partial charge on any atom is -0.423 e. The summed E-state index contributed by atoms with van der Waals surface area (Å²) in [5, 5.41) is 2.99. The van der Waals surface area contributed by atoms with Crippen molar-refractivity contribution in [2.45, 2.75) is 26.3 Å². The number of nitrogens with zero attached hydrogens (tertiary/aromatic N) is 4. The van der Waals surface area contributed by atoms with Crippen molar-refractivity contribution in [2.24, 2.45) is 13.0 Å². The van der Waals surface area contributed by atoms with Crippen molar-refractivity contribution in [3.05, 3.63) is 42.0 Å². The lowest BCUT2D eigenvalue weighted by Crippen LogP contribution is -2.31. The number of para-hydroxylation sites is 1. The van der Waals surface area contributed by atoms with Crippen LogP contribution in [-0.4, -0.2) is 39.6 Å². The molecule has 1 amide bonds. The van der Waals surface area contributed by atoms with Crippen LogP contribution in [0.5, 0.6) is 0 Å². The van der Waals surface area contributed by atoms with E-state index in [1.165, 1.54) is 0 Å². The molecule has 2 unspecified atom stereocenters. The lowest BCUT2D eigenvalue weighted by atomic mass is 10.1. The average molecular weight is 353 g/mol. The van der Waals surface area contributed by atoms with Crippen LogP contribution >= 0.6 is 0 Å². The lowest BCUT2D eigenvalue weighted by molar-refractivity contribution is 0.0943. The fourth-order valence-corrected chi connectivity index (χ4v) is 3.61. The molecule has 0 aliphatic carbocycles. The molecule has 1 aromatic carbocycles. The first kappa shape index (κ1) is 16.6. The number of carbonyl (C=O) groups excluding carboxylic acids is 1. The maximum Gasteiger partial charge on any atom is 0.298 e. The number of aromatic nitrogens is 3. The van der Waals surface area contributed by atoms with E-state index < -0.39 is 0 Å². The SMILES string of the molecule is Cc1cccc2oc(N3CC(CNC(=O)c4cn(C)cn4)CC3C)nc12. The van der Waals surface area contributed by atoms with Gasteiger partial charge in [-0.15, -0.1) is 0 Å². The second-order valence-corrected chi connectivity index (χ2v) is 7.16. The molecule has 1 saturated heterocycles. The predicted octanol–water partition coefficient (Wildman–Crippen LogP) is 2.51. The van der Waals surface area contributed by atoms with Crippen LogP contribution in [0, 0.1) is 12.8 Å². The first-order chi connectivity index (χ1) is 12.5. The number of oxazole rings is 1. The van der Waals surface area contributed by atoms with Crippen molar-refractivity contribution in [1.29, 1.82) is 0 Å². The van der Waals surface area contributed by atoms with E-state index in [2.05, 4.69) is 27.1 Å². The summed E-state index contributed by atoms with van der Waals surface area (Å²) >= 11 is 0. The first-order valence-corrected chi connectivity index (χ1v) is 8.90. The standard InChI is InChI=1S/C19H23N5O2/c1-12-5-4-6-16-17(12)22-19(26-16)24-9-14(7-13(24)2)8-20-18(25)15-10-23(3)11-21-15/h4-6,10-11,13-14H,7-9H2,1-3H3,(H,20,25). The quantitative estimate of drug-likeness (QED) is 0.780. The molecule has 0 radical (unpaired) electrons. The van der Waals surface area contributed by atoms with Crippen LogP contribution in [0.1, 0.15) is 29.4 Å². The number of benzene rings is 1. The predicted molar refractivity (Wildman–Crippen MR) is 99.2 cm³/mol. The van der Waals surface area contributed by atoms with Gasteiger partial charge in [-0.1, -0.05) is 12.1 Å². The Hall–Kier alpha value is -2.83. The number of nitrogens with one attached hydrogen (secondary N) is 1. The highest BCUT2D eigenvalue weighted by Crippen LogP contribution is 2.31. The zero-order valence-corrected chi connectivity index (χ0v) is 15.3. The number of carbonyl (C=O) groups is 1. The largest absolute Gasteiger partial charge is 0.423 e. The molecule has 3 heterocycles. The Morgan fingerprint density at radius 3 is 3.00 bits per heavy atom. The van der Waals surface area contributed by atoms with E-state index in [-0.39, 0.29) is 5.91 Å². The van der Waals surface area contributed by atoms with Crippen LogP contribution in [0.3, 0.4) is 0 Å². The monoisotopic (exact) mass is 353 g/mol. The van der Waals surface area contributed by atoms with Gasteiger partial charge in [0.05, 0.1) is 6.33 Å². The van der Waals surface area contributed by atoms with E-state index in [0.29, 0.717) is 30.2 Å². The molecular formula is C19H23N5O2. The van der Waals surface area contributed by atoms with E-state index in [9.17, 15) is 4.79 Å². The number of imidazole rings is 1. The van der Waals surface area contributed by atoms with Crippen molar-refractivity contribution in [3.8, 4) is 0 Å². The summed E-state index contributed by atoms with van der Waals surface area (Å²) in [5.41, 5.74) is 3.30. The third kappa shape index (κ3) is 3.05. The second-order valence-electron chi connectivity index (χ2n) is 7.16. The Labute approximate surface area is 152 Å². The third-order valence-corrected chi connectivity index (χ3v) is 5.01. The summed E-state index contributed by atoms with van der Waals surface area (Å²) < 4.78 is 7.73. The smallest absolute Gasteiger partial charge is 0.298 e. The molecule has 2 aromatic heterocycles.